The van der Waals surface area contributed by atoms with Crippen LogP contribution in [-0.4, -0.2) is 0 Å². The summed E-state index contributed by atoms with van der Waals surface area (Å²) in [6, 6.07) is 7.57. The van der Waals surface area contributed by atoms with Gasteiger partial charge in [-0.1, -0.05) is 24.0 Å². The molecule has 0 aliphatic carbocycles. The maximum absolute atomic E-state index is 5.25. The summed E-state index contributed by atoms with van der Waals surface area (Å²) in [4.78, 5) is 2.63. The average molecular weight is 205 g/mol. The van der Waals surface area contributed by atoms with Gasteiger partial charge >= 0.3 is 0 Å². The highest BCUT2D eigenvalue weighted by atomic mass is 79.9. The summed E-state index contributed by atoms with van der Waals surface area (Å²) < 4.78 is 0. The lowest BCUT2D eigenvalue weighted by molar-refractivity contribution is 1.59. The maximum atomic E-state index is 5.25. The van der Waals surface area contributed by atoms with E-state index in [9.17, 15) is 0 Å². The van der Waals surface area contributed by atoms with E-state index in [1.165, 1.54) is 0 Å². The van der Waals surface area contributed by atoms with Crippen LogP contribution in [0.1, 0.15) is 11.1 Å². The van der Waals surface area contributed by atoms with Crippen LogP contribution in [-0.2, 0) is 0 Å². The van der Waals surface area contributed by atoms with E-state index in [1.807, 2.05) is 24.3 Å². The molecule has 0 atom stereocenters. The molecular formula is C10H5Br. The number of hydrogen-bond acceptors (Lipinski definition) is 0. The van der Waals surface area contributed by atoms with Crippen molar-refractivity contribution in [2.24, 2.45) is 0 Å². The van der Waals surface area contributed by atoms with E-state index in [0.29, 0.717) is 0 Å². The molecule has 0 bridgehead atoms. The molecule has 1 rings (SSSR count). The molecule has 0 nitrogen and oxygen atoms in total. The zero-order chi connectivity index (χ0) is 8.10. The van der Waals surface area contributed by atoms with Gasteiger partial charge in [-0.3, -0.25) is 0 Å². The lowest BCUT2D eigenvalue weighted by Gasteiger charge is -1.92. The third-order valence-corrected chi connectivity index (χ3v) is 1.46. The molecule has 0 fully saturated rings. The molecule has 0 aliphatic rings. The Balaban J connectivity index is 3.22. The molecule has 0 amide bonds. The summed E-state index contributed by atoms with van der Waals surface area (Å²) >= 11 is 3.02. The first-order chi connectivity index (χ1) is 5.38. The Bertz CT molecular complexity index is 347. The number of hydrogen-bond donors (Lipinski definition) is 0. The van der Waals surface area contributed by atoms with E-state index in [2.05, 4.69) is 32.6 Å². The monoisotopic (exact) mass is 204 g/mol. The van der Waals surface area contributed by atoms with Gasteiger partial charge in [-0.2, -0.15) is 0 Å². The van der Waals surface area contributed by atoms with Crippen LogP contribution in [0.15, 0.2) is 24.3 Å². The molecular weight excluding hydrogens is 200 g/mol. The summed E-state index contributed by atoms with van der Waals surface area (Å²) in [6.45, 7) is 0. The van der Waals surface area contributed by atoms with Crippen LogP contribution < -0.4 is 0 Å². The predicted molar refractivity (Wildman–Crippen MR) is 50.2 cm³/mol. The second-order valence-corrected chi connectivity index (χ2v) is 2.31. The Morgan fingerprint density at radius 2 is 1.82 bits per heavy atom. The van der Waals surface area contributed by atoms with Gasteiger partial charge in [-0.05, 0) is 17.0 Å². The third-order valence-electron chi connectivity index (χ3n) is 1.26. The summed E-state index contributed by atoms with van der Waals surface area (Å²) in [5, 5.41) is 0. The first kappa shape index (κ1) is 7.92. The van der Waals surface area contributed by atoms with E-state index in [-0.39, 0.29) is 0 Å². The Morgan fingerprint density at radius 3 is 2.36 bits per heavy atom. The lowest BCUT2D eigenvalue weighted by Crippen LogP contribution is -1.80. The smallest absolute Gasteiger partial charge is 0.0410 e. The molecule has 1 aromatic carbocycles. The minimum atomic E-state index is 0.833. The van der Waals surface area contributed by atoms with Gasteiger partial charge in [0, 0.05) is 27.1 Å². The molecule has 0 saturated heterocycles. The van der Waals surface area contributed by atoms with Gasteiger partial charge < -0.3 is 0 Å². The highest BCUT2D eigenvalue weighted by molar-refractivity contribution is 9.12. The minimum Gasteiger partial charge on any atom is -0.115 e. The van der Waals surface area contributed by atoms with Crippen molar-refractivity contribution in [3.05, 3.63) is 35.4 Å². The van der Waals surface area contributed by atoms with Gasteiger partial charge in [0.1, 0.15) is 0 Å². The van der Waals surface area contributed by atoms with Gasteiger partial charge in [-0.25, -0.2) is 0 Å². The molecule has 1 heteroatoms. The van der Waals surface area contributed by atoms with Crippen molar-refractivity contribution in [1.29, 1.82) is 0 Å². The molecule has 1 aromatic rings. The fraction of sp³-hybridized carbons (Fsp3) is 0. The number of rotatable bonds is 0. The molecule has 0 radical (unpaired) electrons. The van der Waals surface area contributed by atoms with Crippen molar-refractivity contribution in [3.63, 3.8) is 0 Å². The van der Waals surface area contributed by atoms with Crippen molar-refractivity contribution in [2.75, 3.05) is 0 Å². The molecule has 0 unspecified atom stereocenters. The average Bonchev–Trinajstić information content (AvgIpc) is 2.06. The van der Waals surface area contributed by atoms with Gasteiger partial charge in [0.2, 0.25) is 0 Å². The zero-order valence-corrected chi connectivity index (χ0v) is 7.35. The van der Waals surface area contributed by atoms with Crippen molar-refractivity contribution < 1.29 is 0 Å². The SMILES string of the molecule is C#Cc1ccccc1C#CBr. The minimum absolute atomic E-state index is 0.833. The molecule has 0 spiro atoms. The molecule has 52 valence electrons. The summed E-state index contributed by atoms with van der Waals surface area (Å²) in [5.74, 6) is 5.41. The maximum Gasteiger partial charge on any atom is 0.0410 e. The lowest BCUT2D eigenvalue weighted by atomic mass is 10.1. The van der Waals surface area contributed by atoms with Crippen LogP contribution in [0.2, 0.25) is 0 Å². The molecule has 0 aromatic heterocycles. The van der Waals surface area contributed by atoms with Crippen molar-refractivity contribution in [1.82, 2.24) is 0 Å². The Morgan fingerprint density at radius 1 is 1.18 bits per heavy atom. The second kappa shape index (κ2) is 3.86. The molecule has 0 saturated carbocycles. The first-order valence-electron chi connectivity index (χ1n) is 3.06. The van der Waals surface area contributed by atoms with E-state index >= 15 is 0 Å². The summed E-state index contributed by atoms with van der Waals surface area (Å²) in [7, 11) is 0. The van der Waals surface area contributed by atoms with E-state index < -0.39 is 0 Å². The zero-order valence-electron chi connectivity index (χ0n) is 5.76. The highest BCUT2D eigenvalue weighted by Crippen LogP contribution is 2.04. The third kappa shape index (κ3) is 1.87. The van der Waals surface area contributed by atoms with Gasteiger partial charge in [0.05, 0.1) is 0 Å². The van der Waals surface area contributed by atoms with Gasteiger partial charge in [0.25, 0.3) is 0 Å². The molecule has 0 heterocycles. The molecule has 0 N–H and O–H groups in total. The van der Waals surface area contributed by atoms with Crippen LogP contribution in [0.5, 0.6) is 0 Å². The van der Waals surface area contributed by atoms with Crippen LogP contribution in [0.3, 0.4) is 0 Å². The Hall–Kier alpha value is -1.18. The van der Waals surface area contributed by atoms with Crippen LogP contribution in [0.25, 0.3) is 0 Å². The van der Waals surface area contributed by atoms with Crippen molar-refractivity contribution >= 4 is 15.9 Å². The molecule has 11 heavy (non-hydrogen) atoms. The number of terminal acetylenes is 1. The van der Waals surface area contributed by atoms with E-state index in [0.717, 1.165) is 11.1 Å². The Kier molecular flexibility index (Phi) is 2.78. The number of halogens is 1. The topological polar surface area (TPSA) is 0 Å². The Labute approximate surface area is 74.8 Å². The standard InChI is InChI=1S/C10H5Br/c1-2-9-5-3-4-6-10(9)7-8-11/h1,3-6H. The fourth-order valence-corrected chi connectivity index (χ4v) is 0.982. The van der Waals surface area contributed by atoms with E-state index in [1.54, 1.807) is 0 Å². The predicted octanol–water partition coefficient (Wildman–Crippen LogP) is 2.37. The van der Waals surface area contributed by atoms with E-state index in [4.69, 9.17) is 6.42 Å². The van der Waals surface area contributed by atoms with Crippen LogP contribution in [0.4, 0.5) is 0 Å². The first-order valence-corrected chi connectivity index (χ1v) is 3.85. The normalized spacial score (nSPS) is 7.64. The largest absolute Gasteiger partial charge is 0.115 e. The van der Waals surface area contributed by atoms with Crippen LogP contribution >= 0.6 is 15.9 Å². The molecule has 0 aliphatic heterocycles. The van der Waals surface area contributed by atoms with Gasteiger partial charge in [0.15, 0.2) is 0 Å². The summed E-state index contributed by atoms with van der Waals surface area (Å²) in [5.41, 5.74) is 1.71. The fourth-order valence-electron chi connectivity index (χ4n) is 0.769. The number of benzene rings is 1. The highest BCUT2D eigenvalue weighted by Gasteiger charge is 1.91. The van der Waals surface area contributed by atoms with Gasteiger partial charge in [-0.15, -0.1) is 6.42 Å². The summed E-state index contributed by atoms with van der Waals surface area (Å²) in [6.07, 6.45) is 5.25. The van der Waals surface area contributed by atoms with Crippen LogP contribution in [0, 0.1) is 23.1 Å². The second-order valence-electron chi connectivity index (χ2n) is 1.91. The van der Waals surface area contributed by atoms with Crippen molar-refractivity contribution in [3.8, 4) is 23.1 Å². The quantitative estimate of drug-likeness (QED) is 0.570. The van der Waals surface area contributed by atoms with Crippen molar-refractivity contribution in [2.45, 2.75) is 0 Å².